The number of hydrogen-bond acceptors (Lipinski definition) is 0. The fourth-order valence-corrected chi connectivity index (χ4v) is 2.30. The van der Waals surface area contributed by atoms with Crippen molar-refractivity contribution in [2.24, 2.45) is 11.8 Å². The van der Waals surface area contributed by atoms with Crippen molar-refractivity contribution >= 4 is 0 Å². The molecule has 0 amide bonds. The van der Waals surface area contributed by atoms with Crippen LogP contribution in [0.4, 0.5) is 0 Å². The van der Waals surface area contributed by atoms with Crippen LogP contribution < -0.4 is 0 Å². The van der Waals surface area contributed by atoms with Crippen molar-refractivity contribution in [3.05, 3.63) is 22.8 Å². The highest BCUT2D eigenvalue weighted by atomic mass is 14.2. The number of hydrogen-bond donors (Lipinski definition) is 0. The van der Waals surface area contributed by atoms with Crippen molar-refractivity contribution in [1.29, 1.82) is 0 Å². The Kier molecular flexibility index (Phi) is 3.35. The van der Waals surface area contributed by atoms with Crippen LogP contribution in [0.1, 0.15) is 47.5 Å². The minimum Gasteiger partial charge on any atom is -0.0805 e. The van der Waals surface area contributed by atoms with Crippen LogP contribution in [0.2, 0.25) is 0 Å². The van der Waals surface area contributed by atoms with Gasteiger partial charge >= 0.3 is 0 Å². The Morgan fingerprint density at radius 3 is 2.15 bits per heavy atom. The summed E-state index contributed by atoms with van der Waals surface area (Å²) in [6, 6.07) is 0. The summed E-state index contributed by atoms with van der Waals surface area (Å²) in [6.45, 7) is 11.5. The summed E-state index contributed by atoms with van der Waals surface area (Å²) in [5, 5.41) is 0. The quantitative estimate of drug-likeness (QED) is 0.590. The summed E-state index contributed by atoms with van der Waals surface area (Å²) < 4.78 is 0. The van der Waals surface area contributed by atoms with Gasteiger partial charge in [0.05, 0.1) is 0 Å². The second kappa shape index (κ2) is 4.13. The summed E-state index contributed by atoms with van der Waals surface area (Å²) in [7, 11) is 0. The first-order chi connectivity index (χ1) is 6.04. The van der Waals surface area contributed by atoms with Crippen LogP contribution in [0.3, 0.4) is 0 Å². The van der Waals surface area contributed by atoms with Crippen molar-refractivity contribution in [1.82, 2.24) is 0 Å². The molecule has 0 aliphatic heterocycles. The maximum atomic E-state index is 2.42. The maximum absolute atomic E-state index is 2.42. The molecule has 0 N–H and O–H groups in total. The van der Waals surface area contributed by atoms with E-state index in [0.29, 0.717) is 5.92 Å². The summed E-state index contributed by atoms with van der Waals surface area (Å²) in [5.74, 6) is 1.41. The van der Waals surface area contributed by atoms with E-state index < -0.39 is 0 Å². The molecule has 0 aromatic carbocycles. The van der Waals surface area contributed by atoms with E-state index in [1.807, 2.05) is 0 Å². The predicted molar refractivity (Wildman–Crippen MR) is 59.7 cm³/mol. The zero-order chi connectivity index (χ0) is 10.0. The van der Waals surface area contributed by atoms with Crippen molar-refractivity contribution in [3.63, 3.8) is 0 Å². The molecule has 0 spiro atoms. The molecule has 0 unspecified atom stereocenters. The molecular weight excluding hydrogens is 156 g/mol. The van der Waals surface area contributed by atoms with Gasteiger partial charge in [-0.2, -0.15) is 0 Å². The van der Waals surface area contributed by atoms with Crippen molar-refractivity contribution in [2.75, 3.05) is 0 Å². The van der Waals surface area contributed by atoms with Crippen LogP contribution >= 0.6 is 0 Å². The SMILES string of the molecule is CC1=C(C(C)C)CCC=C1C(C)C. The van der Waals surface area contributed by atoms with E-state index in [-0.39, 0.29) is 0 Å². The molecule has 0 radical (unpaired) electrons. The smallest absolute Gasteiger partial charge is 0.0219 e. The second-order valence-corrected chi connectivity index (χ2v) is 4.66. The molecule has 1 aliphatic carbocycles. The van der Waals surface area contributed by atoms with Gasteiger partial charge in [0.25, 0.3) is 0 Å². The molecule has 13 heavy (non-hydrogen) atoms. The molecular formula is C13H22. The Bertz CT molecular complexity index is 239. The largest absolute Gasteiger partial charge is 0.0805 e. The van der Waals surface area contributed by atoms with Crippen LogP contribution in [0, 0.1) is 11.8 Å². The van der Waals surface area contributed by atoms with E-state index in [9.17, 15) is 0 Å². The van der Waals surface area contributed by atoms with E-state index >= 15 is 0 Å². The van der Waals surface area contributed by atoms with E-state index in [4.69, 9.17) is 0 Å². The fourth-order valence-electron chi connectivity index (χ4n) is 2.30. The van der Waals surface area contributed by atoms with Gasteiger partial charge in [-0.05, 0) is 42.7 Å². The van der Waals surface area contributed by atoms with Gasteiger partial charge < -0.3 is 0 Å². The molecule has 0 nitrogen and oxygen atoms in total. The van der Waals surface area contributed by atoms with Gasteiger partial charge in [-0.25, -0.2) is 0 Å². The zero-order valence-electron chi connectivity index (χ0n) is 9.65. The maximum Gasteiger partial charge on any atom is -0.0219 e. The highest BCUT2D eigenvalue weighted by Gasteiger charge is 2.16. The normalized spacial score (nSPS) is 18.5. The molecule has 0 saturated carbocycles. The highest BCUT2D eigenvalue weighted by molar-refractivity contribution is 5.38. The molecule has 0 bridgehead atoms. The number of allylic oxidation sites excluding steroid dienone is 4. The lowest BCUT2D eigenvalue weighted by atomic mass is 9.82. The Balaban J connectivity index is 2.96. The van der Waals surface area contributed by atoms with Crippen LogP contribution in [-0.4, -0.2) is 0 Å². The Morgan fingerprint density at radius 1 is 1.08 bits per heavy atom. The van der Waals surface area contributed by atoms with Gasteiger partial charge in [-0.1, -0.05) is 39.3 Å². The highest BCUT2D eigenvalue weighted by Crippen LogP contribution is 2.33. The van der Waals surface area contributed by atoms with E-state index in [2.05, 4.69) is 40.7 Å². The van der Waals surface area contributed by atoms with E-state index in [0.717, 1.165) is 5.92 Å². The van der Waals surface area contributed by atoms with Crippen molar-refractivity contribution in [2.45, 2.75) is 47.5 Å². The molecule has 0 atom stereocenters. The van der Waals surface area contributed by atoms with Crippen molar-refractivity contribution < 1.29 is 0 Å². The van der Waals surface area contributed by atoms with Gasteiger partial charge in [0, 0.05) is 0 Å². The Morgan fingerprint density at radius 2 is 1.69 bits per heavy atom. The molecule has 0 aromatic heterocycles. The van der Waals surface area contributed by atoms with Gasteiger partial charge in [0.2, 0.25) is 0 Å². The third kappa shape index (κ3) is 2.24. The molecule has 0 aromatic rings. The summed E-state index contributed by atoms with van der Waals surface area (Å²) in [4.78, 5) is 0. The molecule has 1 rings (SSSR count). The summed E-state index contributed by atoms with van der Waals surface area (Å²) in [5.41, 5.74) is 4.82. The van der Waals surface area contributed by atoms with Gasteiger partial charge in [0.15, 0.2) is 0 Å². The first-order valence-corrected chi connectivity index (χ1v) is 5.44. The monoisotopic (exact) mass is 178 g/mol. The number of rotatable bonds is 2. The molecule has 74 valence electrons. The Labute approximate surface area is 82.7 Å². The average molecular weight is 178 g/mol. The first kappa shape index (κ1) is 10.6. The van der Waals surface area contributed by atoms with Gasteiger partial charge in [-0.15, -0.1) is 0 Å². The lowest BCUT2D eigenvalue weighted by Crippen LogP contribution is -2.07. The minimum atomic E-state index is 0.689. The fraction of sp³-hybridized carbons (Fsp3) is 0.692. The molecule has 0 heterocycles. The lowest BCUT2D eigenvalue weighted by molar-refractivity contribution is 0.668. The van der Waals surface area contributed by atoms with Crippen LogP contribution in [0.25, 0.3) is 0 Å². The van der Waals surface area contributed by atoms with Crippen LogP contribution in [-0.2, 0) is 0 Å². The lowest BCUT2D eigenvalue weighted by Gasteiger charge is -2.24. The van der Waals surface area contributed by atoms with Crippen molar-refractivity contribution in [3.8, 4) is 0 Å². The molecule has 0 heteroatoms. The standard InChI is InChI=1S/C13H22/c1-9(2)12-7-6-8-13(10(3)4)11(12)5/h7,9-10H,6,8H2,1-5H3. The minimum absolute atomic E-state index is 0.689. The van der Waals surface area contributed by atoms with Gasteiger partial charge in [-0.3, -0.25) is 0 Å². The molecule has 0 saturated heterocycles. The average Bonchev–Trinajstić information content (AvgIpc) is 2.03. The third-order valence-corrected chi connectivity index (χ3v) is 3.01. The van der Waals surface area contributed by atoms with E-state index in [1.54, 1.807) is 16.7 Å². The second-order valence-electron chi connectivity index (χ2n) is 4.66. The Hall–Kier alpha value is -0.520. The van der Waals surface area contributed by atoms with Gasteiger partial charge in [0.1, 0.15) is 0 Å². The summed E-state index contributed by atoms with van der Waals surface area (Å²) in [6.07, 6.45) is 4.95. The zero-order valence-corrected chi connectivity index (χ0v) is 9.65. The third-order valence-electron chi connectivity index (χ3n) is 3.01. The predicted octanol–water partition coefficient (Wildman–Crippen LogP) is 4.34. The first-order valence-electron chi connectivity index (χ1n) is 5.44. The molecule has 0 fully saturated rings. The van der Waals surface area contributed by atoms with E-state index in [1.165, 1.54) is 12.8 Å². The van der Waals surface area contributed by atoms with Crippen LogP contribution in [0.5, 0.6) is 0 Å². The summed E-state index contributed by atoms with van der Waals surface area (Å²) >= 11 is 0. The molecule has 1 aliphatic rings. The topological polar surface area (TPSA) is 0 Å². The van der Waals surface area contributed by atoms with Crippen LogP contribution in [0.15, 0.2) is 22.8 Å².